The van der Waals surface area contributed by atoms with Crippen LogP contribution >= 0.6 is 0 Å². The first-order valence-corrected chi connectivity index (χ1v) is 5.04. The molecule has 0 aromatic heterocycles. The van der Waals surface area contributed by atoms with Crippen LogP contribution in [0.2, 0.25) is 0 Å². The molecule has 0 saturated heterocycles. The number of benzene rings is 1. The molecule has 0 heterocycles. The number of methoxy groups -OCH3 is 1. The topological polar surface area (TPSA) is 56.5 Å². The molecule has 0 bridgehead atoms. The Kier molecular flexibility index (Phi) is 5.58. The second kappa shape index (κ2) is 7.09. The highest BCUT2D eigenvalue weighted by Crippen LogP contribution is 2.16. The van der Waals surface area contributed by atoms with Gasteiger partial charge < -0.3 is 20.5 Å². The normalized spacial score (nSPS) is 10.0. The molecule has 0 amide bonds. The third-order valence-electron chi connectivity index (χ3n) is 1.93. The van der Waals surface area contributed by atoms with Gasteiger partial charge in [0.05, 0.1) is 7.11 Å². The first kappa shape index (κ1) is 11.8. The third-order valence-corrected chi connectivity index (χ3v) is 1.93. The van der Waals surface area contributed by atoms with E-state index in [2.05, 4.69) is 5.32 Å². The average Bonchev–Trinajstić information content (AvgIpc) is 2.30. The summed E-state index contributed by atoms with van der Waals surface area (Å²) >= 11 is 0. The van der Waals surface area contributed by atoms with Crippen LogP contribution in [0.5, 0.6) is 11.5 Å². The van der Waals surface area contributed by atoms with E-state index in [-0.39, 0.29) is 0 Å². The maximum absolute atomic E-state index is 5.49. The molecule has 0 spiro atoms. The van der Waals surface area contributed by atoms with Crippen LogP contribution in [0.25, 0.3) is 0 Å². The second-order valence-electron chi connectivity index (χ2n) is 3.06. The number of nitrogens with one attached hydrogen (secondary N) is 1. The van der Waals surface area contributed by atoms with Gasteiger partial charge in [0.2, 0.25) is 0 Å². The van der Waals surface area contributed by atoms with Crippen LogP contribution in [0.3, 0.4) is 0 Å². The summed E-state index contributed by atoms with van der Waals surface area (Å²) in [6, 6.07) is 7.54. The molecule has 3 N–H and O–H groups in total. The second-order valence-corrected chi connectivity index (χ2v) is 3.06. The van der Waals surface area contributed by atoms with Crippen molar-refractivity contribution in [2.45, 2.75) is 0 Å². The van der Waals surface area contributed by atoms with Gasteiger partial charge in [-0.25, -0.2) is 0 Å². The minimum Gasteiger partial charge on any atom is -0.497 e. The van der Waals surface area contributed by atoms with E-state index in [1.54, 1.807) is 7.11 Å². The SMILES string of the molecule is COc1ccc(OCCNCCN)cc1. The van der Waals surface area contributed by atoms with Crippen molar-refractivity contribution < 1.29 is 9.47 Å². The number of hydrogen-bond donors (Lipinski definition) is 2. The van der Waals surface area contributed by atoms with E-state index in [0.29, 0.717) is 13.2 Å². The monoisotopic (exact) mass is 210 g/mol. The van der Waals surface area contributed by atoms with Crippen molar-refractivity contribution in [2.24, 2.45) is 5.73 Å². The lowest BCUT2D eigenvalue weighted by Gasteiger charge is -2.07. The van der Waals surface area contributed by atoms with Gasteiger partial charge in [0.25, 0.3) is 0 Å². The highest BCUT2D eigenvalue weighted by molar-refractivity contribution is 5.31. The molecule has 84 valence electrons. The molecule has 1 rings (SSSR count). The molecular weight excluding hydrogens is 192 g/mol. The van der Waals surface area contributed by atoms with E-state index >= 15 is 0 Å². The fourth-order valence-electron chi connectivity index (χ4n) is 1.14. The van der Waals surface area contributed by atoms with E-state index in [1.807, 2.05) is 24.3 Å². The summed E-state index contributed by atoms with van der Waals surface area (Å²) in [5, 5.41) is 3.15. The molecule has 0 atom stereocenters. The maximum atomic E-state index is 5.49. The first-order valence-electron chi connectivity index (χ1n) is 5.04. The van der Waals surface area contributed by atoms with Gasteiger partial charge in [0.15, 0.2) is 0 Å². The van der Waals surface area contributed by atoms with Crippen molar-refractivity contribution in [2.75, 3.05) is 33.4 Å². The van der Waals surface area contributed by atoms with Gasteiger partial charge in [-0.2, -0.15) is 0 Å². The molecule has 0 saturated carbocycles. The van der Waals surface area contributed by atoms with Gasteiger partial charge in [-0.05, 0) is 24.3 Å². The molecule has 0 unspecified atom stereocenters. The summed E-state index contributed by atoms with van der Waals surface area (Å²) in [5.74, 6) is 1.69. The zero-order chi connectivity index (χ0) is 10.9. The Labute approximate surface area is 90.4 Å². The van der Waals surface area contributed by atoms with Crippen molar-refractivity contribution in [3.05, 3.63) is 24.3 Å². The smallest absolute Gasteiger partial charge is 0.119 e. The van der Waals surface area contributed by atoms with Gasteiger partial charge in [0.1, 0.15) is 18.1 Å². The van der Waals surface area contributed by atoms with Crippen LogP contribution in [-0.2, 0) is 0 Å². The summed E-state index contributed by atoms with van der Waals surface area (Å²) < 4.78 is 10.5. The fourth-order valence-corrected chi connectivity index (χ4v) is 1.14. The Balaban J connectivity index is 2.20. The van der Waals surface area contributed by atoms with Crippen molar-refractivity contribution >= 4 is 0 Å². The van der Waals surface area contributed by atoms with E-state index in [9.17, 15) is 0 Å². The zero-order valence-corrected chi connectivity index (χ0v) is 9.03. The summed E-state index contributed by atoms with van der Waals surface area (Å²) in [5.41, 5.74) is 5.34. The number of ether oxygens (including phenoxy) is 2. The van der Waals surface area contributed by atoms with Crippen LogP contribution in [0.4, 0.5) is 0 Å². The molecular formula is C11H18N2O2. The lowest BCUT2D eigenvalue weighted by Crippen LogP contribution is -2.26. The summed E-state index contributed by atoms with van der Waals surface area (Å²) in [7, 11) is 1.65. The lowest BCUT2D eigenvalue weighted by molar-refractivity contribution is 0.314. The fraction of sp³-hybridized carbons (Fsp3) is 0.455. The van der Waals surface area contributed by atoms with Gasteiger partial charge >= 0.3 is 0 Å². The summed E-state index contributed by atoms with van der Waals surface area (Å²) in [4.78, 5) is 0. The molecule has 15 heavy (non-hydrogen) atoms. The van der Waals surface area contributed by atoms with Gasteiger partial charge in [-0.1, -0.05) is 0 Å². The lowest BCUT2D eigenvalue weighted by atomic mass is 10.3. The zero-order valence-electron chi connectivity index (χ0n) is 9.03. The van der Waals surface area contributed by atoms with E-state index in [0.717, 1.165) is 24.6 Å². The standard InChI is InChI=1S/C11H18N2O2/c1-14-10-2-4-11(5-3-10)15-9-8-13-7-6-12/h2-5,13H,6-9,12H2,1H3. The molecule has 0 aliphatic carbocycles. The molecule has 0 aliphatic rings. The largest absolute Gasteiger partial charge is 0.497 e. The molecule has 0 radical (unpaired) electrons. The minimum absolute atomic E-state index is 0.645. The predicted molar refractivity (Wildman–Crippen MR) is 60.4 cm³/mol. The Morgan fingerprint density at radius 1 is 1.13 bits per heavy atom. The molecule has 0 aliphatic heterocycles. The first-order chi connectivity index (χ1) is 7.36. The highest BCUT2D eigenvalue weighted by Gasteiger charge is 1.94. The van der Waals surface area contributed by atoms with Crippen molar-refractivity contribution in [1.29, 1.82) is 0 Å². The summed E-state index contributed by atoms with van der Waals surface area (Å²) in [6.45, 7) is 2.93. The van der Waals surface area contributed by atoms with Crippen molar-refractivity contribution in [3.63, 3.8) is 0 Å². The van der Waals surface area contributed by atoms with Gasteiger partial charge in [-0.3, -0.25) is 0 Å². The van der Waals surface area contributed by atoms with Crippen LogP contribution in [-0.4, -0.2) is 33.4 Å². The van der Waals surface area contributed by atoms with Crippen molar-refractivity contribution in [3.8, 4) is 11.5 Å². The average molecular weight is 210 g/mol. The van der Waals surface area contributed by atoms with Crippen LogP contribution in [0.1, 0.15) is 0 Å². The Morgan fingerprint density at radius 3 is 2.40 bits per heavy atom. The van der Waals surface area contributed by atoms with E-state index in [1.165, 1.54) is 0 Å². The third kappa shape index (κ3) is 4.67. The van der Waals surface area contributed by atoms with Crippen molar-refractivity contribution in [1.82, 2.24) is 5.32 Å². The molecule has 1 aromatic carbocycles. The maximum Gasteiger partial charge on any atom is 0.119 e. The van der Waals surface area contributed by atoms with Crippen LogP contribution in [0, 0.1) is 0 Å². The van der Waals surface area contributed by atoms with Gasteiger partial charge in [0, 0.05) is 19.6 Å². The summed E-state index contributed by atoms with van der Waals surface area (Å²) in [6.07, 6.45) is 0. The number of hydrogen-bond acceptors (Lipinski definition) is 4. The quantitative estimate of drug-likeness (QED) is 0.648. The van der Waals surface area contributed by atoms with Crippen LogP contribution in [0.15, 0.2) is 24.3 Å². The number of nitrogens with two attached hydrogens (primary N) is 1. The van der Waals surface area contributed by atoms with E-state index in [4.69, 9.17) is 15.2 Å². The number of rotatable bonds is 7. The molecule has 1 aromatic rings. The Bertz CT molecular complexity index is 262. The molecule has 4 nitrogen and oxygen atoms in total. The van der Waals surface area contributed by atoms with Crippen LogP contribution < -0.4 is 20.5 Å². The Morgan fingerprint density at radius 2 is 1.80 bits per heavy atom. The minimum atomic E-state index is 0.645. The predicted octanol–water partition coefficient (Wildman–Crippen LogP) is 0.622. The molecule has 4 heteroatoms. The van der Waals surface area contributed by atoms with E-state index < -0.39 is 0 Å². The van der Waals surface area contributed by atoms with Gasteiger partial charge in [-0.15, -0.1) is 0 Å². The highest BCUT2D eigenvalue weighted by atomic mass is 16.5. The Hall–Kier alpha value is -1.26. The molecule has 0 fully saturated rings.